The molecule has 0 aliphatic heterocycles. The van der Waals surface area contributed by atoms with Gasteiger partial charge in [-0.05, 0) is 174 Å². The first kappa shape index (κ1) is 83.7. The molecule has 0 atom stereocenters. The number of aliphatic hydroxyl groups is 3. The predicted molar refractivity (Wildman–Crippen MR) is 384 cm³/mol. The number of ether oxygens (including phenoxy) is 4. The van der Waals surface area contributed by atoms with Gasteiger partial charge in [0.1, 0.15) is 40.2 Å². The van der Waals surface area contributed by atoms with Crippen LogP contribution in [-0.2, 0) is 25.6 Å². The lowest BCUT2D eigenvalue weighted by molar-refractivity contribution is -0.138. The Bertz CT molecular complexity index is 4910. The molecular formula is C69H58BBr3Cl2F6N4O16. The Balaban J connectivity index is 0.000000307. The highest BCUT2D eigenvalue weighted by atomic mass is 79.9. The maximum absolute atomic E-state index is 13.4. The molecule has 0 aliphatic rings. The number of phenols is 3. The van der Waals surface area contributed by atoms with E-state index in [1.165, 1.54) is 83.6 Å². The van der Waals surface area contributed by atoms with Gasteiger partial charge in [-0.3, -0.25) is 28.1 Å². The molecule has 3 aromatic heterocycles. The van der Waals surface area contributed by atoms with E-state index in [0.29, 0.717) is 45.1 Å². The fraction of sp³-hybridized carbons (Fsp3) is 0.130. The molecule has 8 N–H and O–H groups in total. The minimum Gasteiger partial charge on any atom is -0.508 e. The van der Waals surface area contributed by atoms with Crippen molar-refractivity contribution in [2.24, 2.45) is 0 Å². The topological polar surface area (TPSA) is 314 Å². The lowest BCUT2D eigenvalue weighted by Gasteiger charge is -2.14. The maximum Gasteiger partial charge on any atom is 0.416 e. The van der Waals surface area contributed by atoms with Gasteiger partial charge in [0, 0.05) is 66.5 Å². The summed E-state index contributed by atoms with van der Waals surface area (Å²) >= 11 is 21.9. The summed E-state index contributed by atoms with van der Waals surface area (Å²) in [5, 5.41) is 63.6. The second-order valence-electron chi connectivity index (χ2n) is 19.9. The molecule has 11 rings (SSSR count). The van der Waals surface area contributed by atoms with Gasteiger partial charge in [-0.2, -0.15) is 31.6 Å². The number of esters is 2. The first-order valence-electron chi connectivity index (χ1n) is 28.0. The number of nitrogens with zero attached hydrogens (tertiary/aromatic N) is 4. The van der Waals surface area contributed by atoms with Crippen molar-refractivity contribution in [3.05, 3.63) is 257 Å². The molecule has 0 aliphatic carbocycles. The number of phenolic OH excluding ortho intramolecular Hbond substituents is 3. The summed E-state index contributed by atoms with van der Waals surface area (Å²) in [6.07, 6.45) is -4.75. The molecule has 530 valence electrons. The molecule has 11 aromatic rings. The summed E-state index contributed by atoms with van der Waals surface area (Å²) in [7, 11) is 4.03. The summed E-state index contributed by atoms with van der Waals surface area (Å²) in [6, 6.07) is 37.8. The van der Waals surface area contributed by atoms with Crippen molar-refractivity contribution >= 4 is 118 Å². The number of aliphatic hydroxyl groups excluding tert-OH is 3. The van der Waals surface area contributed by atoms with E-state index in [-0.39, 0.29) is 99.5 Å². The van der Waals surface area contributed by atoms with E-state index in [0.717, 1.165) is 61.7 Å². The molecule has 0 radical (unpaired) electrons. The standard InChI is InChI=1S/C25H17ClF3NO5.C25H18F3NO5.C15H10ClNO4.C2H3N.CH4O.CH4.BBr3.H2O/c1-34-18-8-6-17(7-9-18)30-12-20(26)19-10-14(13-31)11-21(22(19)23(30)32)35-24(33)15-2-4-16(5-3-15)25(27,28)29;1-33-20-8-6-19(7-9-20)29-11-10-17-12-15(14-30)13-21(22(17)23(29)31)34-24(32)16-2-4-18(5-3-16)25(26,27)28;16-12-7-17(8-1-3-9(18)4-2-8)15(21)14-11(12)5-10(19)6-13(14)20;1-2-3;1-2;;2-1(3)4;/h2-12,31H,13H2,1H3;2-13,30H,14H2,1H3;1-7,18-20H;1H3;2H,1H3;1H4;;1H2. The SMILES string of the molecule is BrB(Br)Br.C.CC#N.CO.COc1ccc(-n2cc(Cl)c3cc(CO)cc(OC(=O)c4ccc(C(F)(F)F)cc4)c3c2=O)cc1.COc1ccc(-n2ccc3cc(CO)cc(OC(=O)c4ccc(C(F)(F)F)cc4)c3c2=O)cc1.O.O=c1c2c(O)cc(O)cc2c(Cl)cn1-c1ccc(O)cc1. The van der Waals surface area contributed by atoms with Crippen molar-refractivity contribution in [3.8, 4) is 63.4 Å². The largest absolute Gasteiger partial charge is 0.508 e. The number of methoxy groups -OCH3 is 2. The molecule has 32 heteroatoms. The quantitative estimate of drug-likeness (QED) is 0.0303. The molecule has 0 amide bonds. The van der Waals surface area contributed by atoms with E-state index in [4.69, 9.17) is 52.5 Å². The number of aromatic hydroxyl groups is 3. The van der Waals surface area contributed by atoms with Crippen LogP contribution in [0.15, 0.2) is 197 Å². The number of carbonyl (C=O) groups is 2. The van der Waals surface area contributed by atoms with Crippen molar-refractivity contribution in [1.82, 2.24) is 13.7 Å². The highest BCUT2D eigenvalue weighted by molar-refractivity contribution is 9.69. The minimum absolute atomic E-state index is 0. The molecule has 0 unspecified atom stereocenters. The summed E-state index contributed by atoms with van der Waals surface area (Å²) in [4.78, 5) is 64.6. The van der Waals surface area contributed by atoms with Crippen LogP contribution in [0.25, 0.3) is 49.4 Å². The van der Waals surface area contributed by atoms with Gasteiger partial charge in [-0.15, -0.1) is 47.3 Å². The minimum atomic E-state index is -4.56. The van der Waals surface area contributed by atoms with E-state index in [1.807, 2.05) is 0 Å². The summed E-state index contributed by atoms with van der Waals surface area (Å²) in [5.74, 6) is -1.48. The van der Waals surface area contributed by atoms with Crippen LogP contribution in [0.4, 0.5) is 26.3 Å². The first-order valence-corrected chi connectivity index (χ1v) is 31.5. The normalized spacial score (nSPS) is 10.5. The number of rotatable bonds is 11. The van der Waals surface area contributed by atoms with E-state index < -0.39 is 58.7 Å². The molecule has 0 spiro atoms. The monoisotopic (exact) mass is 1630 g/mol. The van der Waals surface area contributed by atoms with Gasteiger partial charge >= 0.3 is 27.5 Å². The molecule has 0 fully saturated rings. The van der Waals surface area contributed by atoms with Crippen molar-refractivity contribution in [1.29, 1.82) is 5.26 Å². The van der Waals surface area contributed by atoms with Crippen molar-refractivity contribution in [2.75, 3.05) is 21.3 Å². The predicted octanol–water partition coefficient (Wildman–Crippen LogP) is 15.0. The number of alkyl halides is 6. The first-order chi connectivity index (χ1) is 46.9. The van der Waals surface area contributed by atoms with Crippen LogP contribution >= 0.6 is 70.5 Å². The third-order valence-electron chi connectivity index (χ3n) is 13.7. The molecule has 3 heterocycles. The van der Waals surface area contributed by atoms with Crippen LogP contribution in [-0.4, -0.2) is 86.3 Å². The highest BCUT2D eigenvalue weighted by Gasteiger charge is 2.32. The number of benzene rings is 8. The van der Waals surface area contributed by atoms with Gasteiger partial charge in [-0.1, -0.05) is 30.6 Å². The average molecular weight is 1630 g/mol. The van der Waals surface area contributed by atoms with Gasteiger partial charge in [0.05, 0.1) is 82.0 Å². The molecule has 0 saturated heterocycles. The lowest BCUT2D eigenvalue weighted by Crippen LogP contribution is -2.20. The Hall–Kier alpha value is -9.68. The zero-order valence-electron chi connectivity index (χ0n) is 52.1. The number of halogens is 11. The van der Waals surface area contributed by atoms with Crippen LogP contribution in [0.2, 0.25) is 10.0 Å². The average Bonchev–Trinajstić information content (AvgIpc) is 0.761. The fourth-order valence-electron chi connectivity index (χ4n) is 9.17. The molecule has 20 nitrogen and oxygen atoms in total. The van der Waals surface area contributed by atoms with E-state index in [9.17, 15) is 75.8 Å². The Labute approximate surface area is 605 Å². The van der Waals surface area contributed by atoms with Crippen molar-refractivity contribution in [2.45, 2.75) is 39.9 Å². The molecule has 0 saturated carbocycles. The van der Waals surface area contributed by atoms with E-state index >= 15 is 0 Å². The van der Waals surface area contributed by atoms with Crippen LogP contribution in [0.5, 0.6) is 40.2 Å². The van der Waals surface area contributed by atoms with Crippen LogP contribution in [0.1, 0.15) is 57.3 Å². The number of pyridine rings is 3. The molecule has 101 heavy (non-hydrogen) atoms. The number of carbonyl (C=O) groups excluding carboxylic acids is 2. The fourth-order valence-corrected chi connectivity index (χ4v) is 9.66. The van der Waals surface area contributed by atoms with E-state index in [2.05, 4.69) is 47.3 Å². The van der Waals surface area contributed by atoms with Gasteiger partial charge in [0.25, 0.3) is 16.7 Å². The molecule has 8 aromatic carbocycles. The lowest BCUT2D eigenvalue weighted by atomic mass is 10.1. The molecular weight excluding hydrogens is 1580 g/mol. The van der Waals surface area contributed by atoms with Gasteiger partial charge in [0.2, 0.25) is 0 Å². The van der Waals surface area contributed by atoms with Gasteiger partial charge in [0.15, 0.2) is 0 Å². The number of fused-ring (bicyclic) bond motifs is 3. The smallest absolute Gasteiger partial charge is 0.416 e. The third kappa shape index (κ3) is 21.4. The summed E-state index contributed by atoms with van der Waals surface area (Å²) in [5.41, 5.74) is -1.41. The van der Waals surface area contributed by atoms with Crippen LogP contribution in [0, 0.1) is 11.3 Å². The van der Waals surface area contributed by atoms with Gasteiger partial charge in [-0.25, -0.2) is 9.59 Å². The van der Waals surface area contributed by atoms with E-state index in [1.54, 1.807) is 85.1 Å². The number of aromatic nitrogens is 3. The Morgan fingerprint density at radius 1 is 0.535 bits per heavy atom. The summed E-state index contributed by atoms with van der Waals surface area (Å²) < 4.78 is 102. The molecule has 0 bridgehead atoms. The third-order valence-corrected chi connectivity index (χ3v) is 14.3. The number of hydrogen-bond acceptors (Lipinski definition) is 16. The van der Waals surface area contributed by atoms with Crippen LogP contribution in [0.3, 0.4) is 0 Å². The summed E-state index contributed by atoms with van der Waals surface area (Å²) in [6.45, 7) is 0.626. The Morgan fingerprint density at radius 3 is 1.29 bits per heavy atom. The Kier molecular flexibility index (Phi) is 31.2. The van der Waals surface area contributed by atoms with Crippen LogP contribution < -0.4 is 35.6 Å². The van der Waals surface area contributed by atoms with Crippen molar-refractivity contribution < 1.29 is 91.0 Å². The highest BCUT2D eigenvalue weighted by Crippen LogP contribution is 2.36. The Morgan fingerprint density at radius 2 is 0.891 bits per heavy atom. The second kappa shape index (κ2) is 37.7. The van der Waals surface area contributed by atoms with Crippen molar-refractivity contribution in [3.63, 3.8) is 0 Å². The number of hydrogen-bond donors (Lipinski definition) is 6. The zero-order chi connectivity index (χ0) is 73.2. The van der Waals surface area contributed by atoms with Gasteiger partial charge < -0.3 is 55.1 Å². The second-order valence-corrected chi connectivity index (χ2v) is 27.1. The number of nitriles is 1. The maximum atomic E-state index is 13.4. The zero-order valence-corrected chi connectivity index (χ0v) is 58.4.